The van der Waals surface area contributed by atoms with E-state index in [2.05, 4.69) is 12.2 Å². The fourth-order valence-corrected chi connectivity index (χ4v) is 2.33. The summed E-state index contributed by atoms with van der Waals surface area (Å²) in [6, 6.07) is 8.41. The van der Waals surface area contributed by atoms with Crippen LogP contribution < -0.4 is 10.1 Å². The van der Waals surface area contributed by atoms with Crippen molar-refractivity contribution in [1.29, 1.82) is 0 Å². The van der Waals surface area contributed by atoms with Crippen LogP contribution >= 0.6 is 0 Å². The van der Waals surface area contributed by atoms with Crippen LogP contribution in [0.15, 0.2) is 41.0 Å². The molecule has 108 valence electrons. The monoisotopic (exact) mass is 277 g/mol. The molecule has 1 heterocycles. The van der Waals surface area contributed by atoms with Gasteiger partial charge in [-0.25, -0.2) is 4.39 Å². The predicted molar refractivity (Wildman–Crippen MR) is 76.2 cm³/mol. The fourth-order valence-electron chi connectivity index (χ4n) is 2.33. The van der Waals surface area contributed by atoms with Gasteiger partial charge in [-0.1, -0.05) is 6.92 Å². The summed E-state index contributed by atoms with van der Waals surface area (Å²) in [6.45, 7) is 4.07. The maximum Gasteiger partial charge on any atom is 0.123 e. The van der Waals surface area contributed by atoms with Gasteiger partial charge >= 0.3 is 0 Å². The van der Waals surface area contributed by atoms with E-state index in [9.17, 15) is 4.39 Å². The van der Waals surface area contributed by atoms with E-state index in [4.69, 9.17) is 9.15 Å². The minimum absolute atomic E-state index is 0.0456. The maximum atomic E-state index is 13.4. The minimum Gasteiger partial charge on any atom is -0.496 e. The zero-order valence-corrected chi connectivity index (χ0v) is 12.0. The number of benzene rings is 1. The Hall–Kier alpha value is -1.81. The highest BCUT2D eigenvalue weighted by Gasteiger charge is 2.18. The number of methoxy groups -OCH3 is 1. The molecule has 0 saturated heterocycles. The predicted octanol–water partition coefficient (Wildman–Crippen LogP) is 4.23. The standard InChI is InChI=1S/C16H20FNO2/c1-4-14(16-6-5-9-20-16)18-11(2)13-10-12(17)7-8-15(13)19-3/h5-11,14,18H,4H2,1-3H3. The first-order valence-corrected chi connectivity index (χ1v) is 6.78. The van der Waals surface area contributed by atoms with E-state index in [-0.39, 0.29) is 17.9 Å². The van der Waals surface area contributed by atoms with Crippen molar-refractivity contribution >= 4 is 0 Å². The first-order valence-electron chi connectivity index (χ1n) is 6.78. The average Bonchev–Trinajstić information content (AvgIpc) is 2.98. The number of rotatable bonds is 6. The number of furan rings is 1. The second-order valence-electron chi connectivity index (χ2n) is 4.75. The largest absolute Gasteiger partial charge is 0.496 e. The summed E-state index contributed by atoms with van der Waals surface area (Å²) >= 11 is 0. The van der Waals surface area contributed by atoms with Crippen molar-refractivity contribution in [2.45, 2.75) is 32.4 Å². The number of ether oxygens (including phenoxy) is 1. The number of hydrogen-bond acceptors (Lipinski definition) is 3. The van der Waals surface area contributed by atoms with Crippen LogP contribution in [0.25, 0.3) is 0 Å². The summed E-state index contributed by atoms with van der Waals surface area (Å²) < 4.78 is 24.2. The van der Waals surface area contributed by atoms with Crippen molar-refractivity contribution in [3.05, 3.63) is 53.7 Å². The summed E-state index contributed by atoms with van der Waals surface area (Å²) in [4.78, 5) is 0. The van der Waals surface area contributed by atoms with Crippen molar-refractivity contribution in [3.8, 4) is 5.75 Å². The van der Waals surface area contributed by atoms with Crippen LogP contribution in [0, 0.1) is 5.82 Å². The third kappa shape index (κ3) is 3.20. The first kappa shape index (κ1) is 14.6. The SMILES string of the molecule is CCC(NC(C)c1cc(F)ccc1OC)c1ccco1. The molecule has 0 radical (unpaired) electrons. The van der Waals surface area contributed by atoms with E-state index in [1.165, 1.54) is 12.1 Å². The van der Waals surface area contributed by atoms with Gasteiger partial charge in [0.2, 0.25) is 0 Å². The normalized spacial score (nSPS) is 14.0. The number of nitrogens with one attached hydrogen (secondary N) is 1. The Morgan fingerprint density at radius 3 is 2.75 bits per heavy atom. The van der Waals surface area contributed by atoms with Crippen LogP contribution in [0.4, 0.5) is 4.39 Å². The van der Waals surface area contributed by atoms with E-state index < -0.39 is 0 Å². The molecule has 2 unspecified atom stereocenters. The van der Waals surface area contributed by atoms with Gasteiger partial charge in [0.15, 0.2) is 0 Å². The Kier molecular flexibility index (Phi) is 4.79. The molecule has 2 atom stereocenters. The second-order valence-corrected chi connectivity index (χ2v) is 4.75. The maximum absolute atomic E-state index is 13.4. The van der Waals surface area contributed by atoms with Gasteiger partial charge < -0.3 is 14.5 Å². The zero-order valence-electron chi connectivity index (χ0n) is 12.0. The first-order chi connectivity index (χ1) is 9.65. The molecule has 1 N–H and O–H groups in total. The molecule has 1 aromatic carbocycles. The lowest BCUT2D eigenvalue weighted by molar-refractivity contribution is 0.362. The quantitative estimate of drug-likeness (QED) is 0.858. The molecule has 0 saturated carbocycles. The highest BCUT2D eigenvalue weighted by Crippen LogP contribution is 2.29. The summed E-state index contributed by atoms with van der Waals surface area (Å²) in [5.74, 6) is 1.30. The summed E-state index contributed by atoms with van der Waals surface area (Å²) in [6.07, 6.45) is 2.54. The Labute approximate surface area is 118 Å². The van der Waals surface area contributed by atoms with Crippen molar-refractivity contribution < 1.29 is 13.5 Å². The van der Waals surface area contributed by atoms with Crippen molar-refractivity contribution in [1.82, 2.24) is 5.32 Å². The Morgan fingerprint density at radius 1 is 1.35 bits per heavy atom. The van der Waals surface area contributed by atoms with E-state index in [0.29, 0.717) is 5.75 Å². The Balaban J connectivity index is 2.18. The van der Waals surface area contributed by atoms with Crippen molar-refractivity contribution in [2.75, 3.05) is 7.11 Å². The molecule has 0 spiro atoms. The van der Waals surface area contributed by atoms with Gasteiger partial charge in [-0.15, -0.1) is 0 Å². The van der Waals surface area contributed by atoms with E-state index in [0.717, 1.165) is 17.7 Å². The molecule has 2 aromatic rings. The lowest BCUT2D eigenvalue weighted by atomic mass is 10.0. The summed E-state index contributed by atoms with van der Waals surface area (Å²) in [5, 5.41) is 3.45. The van der Waals surface area contributed by atoms with Crippen molar-refractivity contribution in [3.63, 3.8) is 0 Å². The zero-order chi connectivity index (χ0) is 14.5. The van der Waals surface area contributed by atoms with Crippen LogP contribution in [0.2, 0.25) is 0 Å². The molecule has 0 bridgehead atoms. The van der Waals surface area contributed by atoms with Crippen LogP contribution in [-0.4, -0.2) is 7.11 Å². The highest BCUT2D eigenvalue weighted by molar-refractivity contribution is 5.36. The molecule has 4 heteroatoms. The van der Waals surface area contributed by atoms with Crippen LogP contribution in [-0.2, 0) is 0 Å². The number of halogens is 1. The summed E-state index contributed by atoms with van der Waals surface area (Å²) in [5.41, 5.74) is 0.803. The molecule has 0 fully saturated rings. The third-order valence-electron chi connectivity index (χ3n) is 3.40. The molecular formula is C16H20FNO2. The summed E-state index contributed by atoms with van der Waals surface area (Å²) in [7, 11) is 1.59. The van der Waals surface area contributed by atoms with E-state index in [1.807, 2.05) is 19.1 Å². The van der Waals surface area contributed by atoms with Crippen LogP contribution in [0.1, 0.15) is 43.7 Å². The molecule has 0 amide bonds. The Bertz CT molecular complexity index is 539. The molecule has 0 aliphatic rings. The van der Waals surface area contributed by atoms with Gasteiger partial charge in [0, 0.05) is 11.6 Å². The average molecular weight is 277 g/mol. The molecular weight excluding hydrogens is 257 g/mol. The Morgan fingerprint density at radius 2 is 2.15 bits per heavy atom. The van der Waals surface area contributed by atoms with Gasteiger partial charge in [-0.05, 0) is 43.7 Å². The lowest BCUT2D eigenvalue weighted by Crippen LogP contribution is -2.24. The smallest absolute Gasteiger partial charge is 0.123 e. The van der Waals surface area contributed by atoms with E-state index >= 15 is 0 Å². The van der Waals surface area contributed by atoms with E-state index in [1.54, 1.807) is 19.4 Å². The highest BCUT2D eigenvalue weighted by atomic mass is 19.1. The van der Waals surface area contributed by atoms with Gasteiger partial charge in [-0.3, -0.25) is 0 Å². The van der Waals surface area contributed by atoms with Gasteiger partial charge in [0.05, 0.1) is 19.4 Å². The molecule has 0 aliphatic heterocycles. The minimum atomic E-state index is -0.263. The molecule has 3 nitrogen and oxygen atoms in total. The second kappa shape index (κ2) is 6.57. The fraction of sp³-hybridized carbons (Fsp3) is 0.375. The lowest BCUT2D eigenvalue weighted by Gasteiger charge is -2.22. The topological polar surface area (TPSA) is 34.4 Å². The number of hydrogen-bond donors (Lipinski definition) is 1. The van der Waals surface area contributed by atoms with Gasteiger partial charge in [-0.2, -0.15) is 0 Å². The van der Waals surface area contributed by atoms with Crippen LogP contribution in [0.5, 0.6) is 5.75 Å². The van der Waals surface area contributed by atoms with Gasteiger partial charge in [0.1, 0.15) is 17.3 Å². The van der Waals surface area contributed by atoms with Crippen molar-refractivity contribution in [2.24, 2.45) is 0 Å². The molecule has 1 aromatic heterocycles. The molecule has 0 aliphatic carbocycles. The van der Waals surface area contributed by atoms with Crippen LogP contribution in [0.3, 0.4) is 0 Å². The van der Waals surface area contributed by atoms with Gasteiger partial charge in [0.25, 0.3) is 0 Å². The molecule has 20 heavy (non-hydrogen) atoms. The third-order valence-corrected chi connectivity index (χ3v) is 3.40. The molecule has 2 rings (SSSR count).